The molecule has 0 aliphatic heterocycles. The van der Waals surface area contributed by atoms with Crippen molar-refractivity contribution in [2.75, 3.05) is 0 Å². The molecule has 0 fully saturated rings. The standard InChI is InChI=1S/C39H21N9/c40-19-25-7-10-43-37(13-25)34-4-1-28(22-46-34)31-16-32(29-2-5-35(47-23-29)38-14-26(20-41)8-11-44-38)18-33(17-31)30-3-6-36(48-24-30)39-15-27(21-42)9-12-45-39/h1-18,22-24H. The molecule has 0 atom stereocenters. The van der Waals surface area contributed by atoms with Crippen molar-refractivity contribution in [3.05, 3.63) is 145 Å². The van der Waals surface area contributed by atoms with Crippen LogP contribution < -0.4 is 0 Å². The zero-order valence-electron chi connectivity index (χ0n) is 25.1. The molecule has 6 aromatic heterocycles. The molecule has 48 heavy (non-hydrogen) atoms. The molecule has 6 heterocycles. The molecule has 0 amide bonds. The van der Waals surface area contributed by atoms with Crippen molar-refractivity contribution in [2.24, 2.45) is 0 Å². The maximum absolute atomic E-state index is 9.29. The molecule has 7 aromatic rings. The number of rotatable bonds is 6. The quantitative estimate of drug-likeness (QED) is 0.184. The highest BCUT2D eigenvalue weighted by atomic mass is 14.8. The highest BCUT2D eigenvalue weighted by molar-refractivity contribution is 5.81. The third kappa shape index (κ3) is 6.09. The first-order valence-corrected chi connectivity index (χ1v) is 14.7. The summed E-state index contributed by atoms with van der Waals surface area (Å²) in [5, 5.41) is 27.9. The molecule has 0 saturated carbocycles. The molecule has 222 valence electrons. The van der Waals surface area contributed by atoms with Crippen LogP contribution >= 0.6 is 0 Å². The zero-order chi connectivity index (χ0) is 32.9. The molecule has 0 N–H and O–H groups in total. The maximum atomic E-state index is 9.29. The fraction of sp³-hybridized carbons (Fsp3) is 0. The normalized spacial score (nSPS) is 10.4. The lowest BCUT2D eigenvalue weighted by molar-refractivity contribution is 1.24. The fourth-order valence-electron chi connectivity index (χ4n) is 5.20. The summed E-state index contributed by atoms with van der Waals surface area (Å²) in [5.74, 6) is 0. The van der Waals surface area contributed by atoms with Gasteiger partial charge < -0.3 is 0 Å². The van der Waals surface area contributed by atoms with E-state index in [1.807, 2.05) is 36.4 Å². The van der Waals surface area contributed by atoms with Crippen LogP contribution in [0, 0.1) is 34.0 Å². The number of hydrogen-bond acceptors (Lipinski definition) is 9. The van der Waals surface area contributed by atoms with Gasteiger partial charge in [-0.3, -0.25) is 29.9 Å². The number of hydrogen-bond donors (Lipinski definition) is 0. The molecule has 0 aliphatic carbocycles. The van der Waals surface area contributed by atoms with E-state index in [4.69, 9.17) is 0 Å². The van der Waals surface area contributed by atoms with Crippen molar-refractivity contribution in [2.45, 2.75) is 0 Å². The molecule has 9 heteroatoms. The van der Waals surface area contributed by atoms with E-state index in [0.717, 1.165) is 33.4 Å². The Morgan fingerprint density at radius 1 is 0.312 bits per heavy atom. The molecule has 0 spiro atoms. The van der Waals surface area contributed by atoms with Gasteiger partial charge in [0, 0.05) is 53.9 Å². The lowest BCUT2D eigenvalue weighted by Gasteiger charge is -2.12. The number of benzene rings is 1. The predicted molar refractivity (Wildman–Crippen MR) is 180 cm³/mol. The van der Waals surface area contributed by atoms with Crippen molar-refractivity contribution in [3.63, 3.8) is 0 Å². The summed E-state index contributed by atoms with van der Waals surface area (Å²) in [4.78, 5) is 27.1. The summed E-state index contributed by atoms with van der Waals surface area (Å²) in [6, 6.07) is 34.4. The second-order valence-electron chi connectivity index (χ2n) is 10.7. The molecule has 0 radical (unpaired) electrons. The van der Waals surface area contributed by atoms with Crippen molar-refractivity contribution < 1.29 is 0 Å². The summed E-state index contributed by atoms with van der Waals surface area (Å²) >= 11 is 0. The van der Waals surface area contributed by atoms with Crippen LogP contribution in [0.25, 0.3) is 67.5 Å². The van der Waals surface area contributed by atoms with E-state index in [0.29, 0.717) is 50.9 Å². The van der Waals surface area contributed by atoms with Gasteiger partial charge in [0.1, 0.15) is 0 Å². The van der Waals surface area contributed by atoms with Crippen LogP contribution in [0.4, 0.5) is 0 Å². The summed E-state index contributed by atoms with van der Waals surface area (Å²) in [6.07, 6.45) is 10.2. The first kappa shape index (κ1) is 29.3. The first-order valence-electron chi connectivity index (χ1n) is 14.7. The van der Waals surface area contributed by atoms with Gasteiger partial charge in [0.2, 0.25) is 0 Å². The van der Waals surface area contributed by atoms with Crippen LogP contribution in [0.3, 0.4) is 0 Å². The van der Waals surface area contributed by atoms with Crippen LogP contribution in [0.5, 0.6) is 0 Å². The molecular weight excluding hydrogens is 594 g/mol. The summed E-state index contributed by atoms with van der Waals surface area (Å²) in [7, 11) is 0. The Balaban J connectivity index is 1.28. The van der Waals surface area contributed by atoms with E-state index in [1.165, 1.54) is 0 Å². The third-order valence-electron chi connectivity index (χ3n) is 7.68. The van der Waals surface area contributed by atoms with E-state index in [2.05, 4.69) is 66.3 Å². The minimum absolute atomic E-state index is 0.518. The topological polar surface area (TPSA) is 149 Å². The van der Waals surface area contributed by atoms with E-state index >= 15 is 0 Å². The van der Waals surface area contributed by atoms with Crippen molar-refractivity contribution in [3.8, 4) is 85.8 Å². The van der Waals surface area contributed by atoms with Gasteiger partial charge in [-0.25, -0.2) is 0 Å². The van der Waals surface area contributed by atoms with Crippen LogP contribution in [0.1, 0.15) is 16.7 Å². The minimum Gasteiger partial charge on any atom is -0.255 e. The number of nitriles is 3. The first-order chi connectivity index (χ1) is 23.6. The van der Waals surface area contributed by atoms with E-state index in [-0.39, 0.29) is 0 Å². The van der Waals surface area contributed by atoms with Crippen molar-refractivity contribution in [1.82, 2.24) is 29.9 Å². The monoisotopic (exact) mass is 615 g/mol. The van der Waals surface area contributed by atoms with Gasteiger partial charge in [-0.15, -0.1) is 0 Å². The Kier molecular flexibility index (Phi) is 7.88. The Bertz CT molecular complexity index is 2130. The SMILES string of the molecule is N#Cc1ccnc(-c2ccc(-c3cc(-c4ccc(-c5cc(C#N)ccn5)nc4)cc(-c4ccc(-c5cc(C#N)ccn5)nc4)c3)cn2)c1. The van der Waals surface area contributed by atoms with Gasteiger partial charge >= 0.3 is 0 Å². The fourth-order valence-corrected chi connectivity index (χ4v) is 5.20. The number of nitrogens with zero attached hydrogens (tertiary/aromatic N) is 9. The lowest BCUT2D eigenvalue weighted by Crippen LogP contribution is -1.92. The van der Waals surface area contributed by atoms with Gasteiger partial charge in [-0.1, -0.05) is 18.2 Å². The molecule has 7 rings (SSSR count). The van der Waals surface area contributed by atoms with E-state index in [1.54, 1.807) is 73.6 Å². The van der Waals surface area contributed by atoms with Gasteiger partial charge in [0.05, 0.1) is 69.1 Å². The largest absolute Gasteiger partial charge is 0.255 e. The van der Waals surface area contributed by atoms with Gasteiger partial charge in [0.15, 0.2) is 0 Å². The Labute approximate surface area is 275 Å². The van der Waals surface area contributed by atoms with Crippen molar-refractivity contribution in [1.29, 1.82) is 15.8 Å². The summed E-state index contributed by atoms with van der Waals surface area (Å²) in [6.45, 7) is 0. The smallest absolute Gasteiger partial charge is 0.0992 e. The number of pyridine rings is 6. The minimum atomic E-state index is 0.518. The second-order valence-corrected chi connectivity index (χ2v) is 10.7. The van der Waals surface area contributed by atoms with E-state index in [9.17, 15) is 15.8 Å². The number of aromatic nitrogens is 6. The highest BCUT2D eigenvalue weighted by Gasteiger charge is 2.12. The average Bonchev–Trinajstić information content (AvgIpc) is 3.18. The third-order valence-corrected chi connectivity index (χ3v) is 7.68. The Hall–Kier alpha value is -7.41. The molecular formula is C39H21N9. The van der Waals surface area contributed by atoms with Gasteiger partial charge in [-0.2, -0.15) is 15.8 Å². The maximum Gasteiger partial charge on any atom is 0.0992 e. The van der Waals surface area contributed by atoms with Crippen molar-refractivity contribution >= 4 is 0 Å². The van der Waals surface area contributed by atoms with Crippen LogP contribution in [-0.2, 0) is 0 Å². The molecule has 9 nitrogen and oxygen atoms in total. The highest BCUT2D eigenvalue weighted by Crippen LogP contribution is 2.34. The van der Waals surface area contributed by atoms with Crippen LogP contribution in [0.15, 0.2) is 128 Å². The van der Waals surface area contributed by atoms with Gasteiger partial charge in [-0.05, 0) is 89.5 Å². The summed E-state index contributed by atoms with van der Waals surface area (Å²) < 4.78 is 0. The second kappa shape index (κ2) is 12.9. The molecule has 1 aromatic carbocycles. The lowest BCUT2D eigenvalue weighted by atomic mass is 9.94. The Morgan fingerprint density at radius 3 is 0.875 bits per heavy atom. The van der Waals surface area contributed by atoms with Crippen LogP contribution in [-0.4, -0.2) is 29.9 Å². The molecule has 0 aliphatic rings. The summed E-state index contributed by atoms with van der Waals surface area (Å²) in [5.41, 5.74) is 10.9. The van der Waals surface area contributed by atoms with Crippen LogP contribution in [0.2, 0.25) is 0 Å². The molecule has 0 bridgehead atoms. The average molecular weight is 616 g/mol. The zero-order valence-corrected chi connectivity index (χ0v) is 25.1. The predicted octanol–water partition coefficient (Wildman–Crippen LogP) is 7.67. The van der Waals surface area contributed by atoms with Gasteiger partial charge in [0.25, 0.3) is 0 Å². The van der Waals surface area contributed by atoms with E-state index < -0.39 is 0 Å². The molecule has 0 saturated heterocycles. The molecule has 0 unspecified atom stereocenters. The Morgan fingerprint density at radius 2 is 0.625 bits per heavy atom.